The van der Waals surface area contributed by atoms with Crippen LogP contribution in [0, 0.1) is 5.92 Å². The molecule has 8 nitrogen and oxygen atoms in total. The summed E-state index contributed by atoms with van der Waals surface area (Å²) >= 11 is 6.01. The summed E-state index contributed by atoms with van der Waals surface area (Å²) in [6, 6.07) is 11.4. The molecule has 1 aliphatic carbocycles. The Morgan fingerprint density at radius 2 is 2.09 bits per heavy atom. The average molecular weight is 608 g/mol. The van der Waals surface area contributed by atoms with Crippen LogP contribution in [0.5, 0.6) is 11.5 Å². The first-order chi connectivity index (χ1) is 20.8. The van der Waals surface area contributed by atoms with Crippen molar-refractivity contribution in [2.75, 3.05) is 19.8 Å². The molecule has 0 radical (unpaired) electrons. The number of nitrogens with zero attached hydrogens (tertiary/aromatic N) is 3. The number of hydrogen-bond donors (Lipinski definition) is 1. The molecule has 226 valence electrons. The fourth-order valence-electron chi connectivity index (χ4n) is 6.81. The van der Waals surface area contributed by atoms with Crippen LogP contribution in [0.25, 0.3) is 11.0 Å². The number of carboxylic acid groups (broad SMARTS) is 1. The van der Waals surface area contributed by atoms with Crippen molar-refractivity contribution in [3.63, 3.8) is 0 Å². The standard InChI is InChI=1S/C33H35ClFN3O5/c1-19-13-20(24-3-2-4-29-32(24)43-30(18-42-29)25-7-6-22(34)15-26(25)35)9-11-37(19)17-31-36-27-8-5-21(33(39)40)14-28(27)38(31)16-23-10-12-41-23/h2-6,8,14-15,19-20,23,25,30H,7,9-13,16-18H2,1H3,(H,39,40)/t19-,20?,23-,25?,30-/m0/s1. The van der Waals surface area contributed by atoms with Gasteiger partial charge in [-0.05, 0) is 75.4 Å². The average Bonchev–Trinajstić information content (AvgIpc) is 3.31. The molecule has 2 unspecified atom stereocenters. The number of para-hydroxylation sites is 1. The summed E-state index contributed by atoms with van der Waals surface area (Å²) in [5, 5.41) is 9.99. The number of carbonyl (C=O) groups is 1. The summed E-state index contributed by atoms with van der Waals surface area (Å²) in [5.74, 6) is 1.01. The van der Waals surface area contributed by atoms with Crippen molar-refractivity contribution >= 4 is 28.6 Å². The van der Waals surface area contributed by atoms with Crippen molar-refractivity contribution < 1.29 is 28.5 Å². The number of aromatic nitrogens is 2. The summed E-state index contributed by atoms with van der Waals surface area (Å²) in [6.07, 6.45) is 6.23. The van der Waals surface area contributed by atoms with Gasteiger partial charge in [-0.2, -0.15) is 0 Å². The summed E-state index contributed by atoms with van der Waals surface area (Å²) in [6.45, 7) is 5.48. The van der Waals surface area contributed by atoms with Gasteiger partial charge in [0, 0.05) is 23.2 Å². The summed E-state index contributed by atoms with van der Waals surface area (Å²) in [5.41, 5.74) is 2.99. The van der Waals surface area contributed by atoms with Crippen LogP contribution >= 0.6 is 11.6 Å². The van der Waals surface area contributed by atoms with Crippen molar-refractivity contribution in [2.24, 2.45) is 5.92 Å². The Morgan fingerprint density at radius 3 is 2.84 bits per heavy atom. The molecule has 7 rings (SSSR count). The van der Waals surface area contributed by atoms with Gasteiger partial charge >= 0.3 is 5.97 Å². The molecule has 0 bridgehead atoms. The molecule has 10 heteroatoms. The van der Waals surface area contributed by atoms with Crippen molar-refractivity contribution in [3.05, 3.63) is 76.4 Å². The molecule has 3 aromatic rings. The first-order valence-electron chi connectivity index (χ1n) is 15.1. The number of halogens is 2. The molecule has 1 aromatic heterocycles. The Bertz CT molecular complexity index is 1620. The van der Waals surface area contributed by atoms with E-state index in [4.69, 9.17) is 30.8 Å². The molecular formula is C33H35ClFN3O5. The third-order valence-electron chi connectivity index (χ3n) is 9.38. The number of benzene rings is 2. The van der Waals surface area contributed by atoms with Crippen LogP contribution in [0.2, 0.25) is 0 Å². The smallest absolute Gasteiger partial charge is 0.335 e. The highest BCUT2D eigenvalue weighted by atomic mass is 35.5. The minimum absolute atomic E-state index is 0.119. The van der Waals surface area contributed by atoms with Gasteiger partial charge in [0.25, 0.3) is 0 Å². The molecule has 4 aliphatic rings. The third kappa shape index (κ3) is 5.54. The van der Waals surface area contributed by atoms with Crippen molar-refractivity contribution in [1.29, 1.82) is 0 Å². The zero-order valence-corrected chi connectivity index (χ0v) is 24.8. The van der Waals surface area contributed by atoms with Gasteiger partial charge in [0.1, 0.15) is 24.4 Å². The van der Waals surface area contributed by atoms with E-state index in [9.17, 15) is 14.3 Å². The molecule has 1 N–H and O–H groups in total. The summed E-state index contributed by atoms with van der Waals surface area (Å²) < 4.78 is 35.2. The van der Waals surface area contributed by atoms with Gasteiger partial charge in [-0.25, -0.2) is 14.2 Å². The van der Waals surface area contributed by atoms with Gasteiger partial charge < -0.3 is 23.9 Å². The number of piperidine rings is 1. The highest BCUT2D eigenvalue weighted by Crippen LogP contribution is 2.45. The van der Waals surface area contributed by atoms with Crippen LogP contribution in [0.4, 0.5) is 4.39 Å². The Balaban J connectivity index is 1.09. The molecule has 2 aromatic carbocycles. The van der Waals surface area contributed by atoms with E-state index in [2.05, 4.69) is 22.5 Å². The second kappa shape index (κ2) is 11.6. The minimum atomic E-state index is -0.947. The fourth-order valence-corrected chi connectivity index (χ4v) is 7.00. The Labute approximate surface area is 254 Å². The number of carboxylic acids is 1. The molecule has 2 fully saturated rings. The molecule has 0 saturated carbocycles. The van der Waals surface area contributed by atoms with E-state index in [0.717, 1.165) is 60.6 Å². The summed E-state index contributed by atoms with van der Waals surface area (Å²) in [4.78, 5) is 19.1. The quantitative estimate of drug-likeness (QED) is 0.331. The molecule has 0 spiro atoms. The van der Waals surface area contributed by atoms with E-state index in [1.165, 1.54) is 6.08 Å². The predicted molar refractivity (Wildman–Crippen MR) is 160 cm³/mol. The predicted octanol–water partition coefficient (Wildman–Crippen LogP) is 6.43. The lowest BCUT2D eigenvalue weighted by molar-refractivity contribution is -0.0592. The molecular weight excluding hydrogens is 573 g/mol. The molecule has 2 saturated heterocycles. The number of hydrogen-bond acceptors (Lipinski definition) is 6. The maximum Gasteiger partial charge on any atom is 0.335 e. The van der Waals surface area contributed by atoms with Crippen LogP contribution in [0.1, 0.15) is 60.3 Å². The third-order valence-corrected chi connectivity index (χ3v) is 9.64. The summed E-state index contributed by atoms with van der Waals surface area (Å²) in [7, 11) is 0. The zero-order chi connectivity index (χ0) is 29.7. The van der Waals surface area contributed by atoms with Gasteiger partial charge in [-0.3, -0.25) is 4.90 Å². The van der Waals surface area contributed by atoms with Gasteiger partial charge in [-0.15, -0.1) is 0 Å². The van der Waals surface area contributed by atoms with Gasteiger partial charge in [0.15, 0.2) is 11.5 Å². The van der Waals surface area contributed by atoms with Crippen molar-refractivity contribution in [2.45, 2.75) is 69.9 Å². The first kappa shape index (κ1) is 28.4. The Kier molecular flexibility index (Phi) is 7.65. The Hall–Kier alpha value is -3.40. The van der Waals surface area contributed by atoms with Crippen LogP contribution in [-0.4, -0.2) is 63.5 Å². The highest BCUT2D eigenvalue weighted by molar-refractivity contribution is 6.31. The Morgan fingerprint density at radius 1 is 1.23 bits per heavy atom. The molecule has 5 atom stereocenters. The highest BCUT2D eigenvalue weighted by Gasteiger charge is 2.36. The maximum absolute atomic E-state index is 14.8. The van der Waals surface area contributed by atoms with Crippen LogP contribution in [0.3, 0.4) is 0 Å². The maximum atomic E-state index is 14.8. The zero-order valence-electron chi connectivity index (χ0n) is 24.0. The van der Waals surface area contributed by atoms with E-state index in [1.54, 1.807) is 18.2 Å². The lowest BCUT2D eigenvalue weighted by Crippen LogP contribution is -2.41. The monoisotopic (exact) mass is 607 g/mol. The normalized spacial score (nSPS) is 27.4. The fraction of sp³-hybridized carbons (Fsp3) is 0.455. The largest absolute Gasteiger partial charge is 0.486 e. The van der Waals surface area contributed by atoms with Crippen LogP contribution < -0.4 is 9.47 Å². The van der Waals surface area contributed by atoms with E-state index in [-0.39, 0.29) is 29.5 Å². The topological polar surface area (TPSA) is 86.0 Å². The number of allylic oxidation sites excluding steroid dienone is 3. The number of likely N-dealkylation sites (tertiary alicyclic amines) is 1. The first-order valence-corrected chi connectivity index (χ1v) is 15.4. The van der Waals surface area contributed by atoms with E-state index < -0.39 is 18.0 Å². The molecule has 43 heavy (non-hydrogen) atoms. The number of rotatable bonds is 7. The lowest BCUT2D eigenvalue weighted by atomic mass is 9.84. The number of aromatic carboxylic acids is 1. The number of ether oxygens (including phenoxy) is 3. The lowest BCUT2D eigenvalue weighted by Gasteiger charge is -2.39. The molecule has 0 amide bonds. The van der Waals surface area contributed by atoms with E-state index >= 15 is 0 Å². The van der Waals surface area contributed by atoms with Crippen molar-refractivity contribution in [3.8, 4) is 11.5 Å². The minimum Gasteiger partial charge on any atom is -0.486 e. The number of imidazole rings is 1. The van der Waals surface area contributed by atoms with Crippen molar-refractivity contribution in [1.82, 2.24) is 14.5 Å². The van der Waals surface area contributed by atoms with E-state index in [0.29, 0.717) is 36.9 Å². The molecule has 4 heterocycles. The second-order valence-corrected chi connectivity index (χ2v) is 12.5. The van der Waals surface area contributed by atoms with Crippen LogP contribution in [-0.2, 0) is 17.8 Å². The van der Waals surface area contributed by atoms with Crippen LogP contribution in [0.15, 0.2) is 59.4 Å². The van der Waals surface area contributed by atoms with Gasteiger partial charge in [-0.1, -0.05) is 29.8 Å². The number of fused-ring (bicyclic) bond motifs is 2. The van der Waals surface area contributed by atoms with Gasteiger partial charge in [0.05, 0.1) is 41.7 Å². The SMILES string of the molecule is C[C@H]1CC(c2cccc3c2O[C@H](C2CC=C(Cl)C=C2F)CO3)CCN1Cc1nc2ccc(C(=O)O)cc2n1C[C@@H]1CCO1. The second-order valence-electron chi connectivity index (χ2n) is 12.1. The van der Waals surface area contributed by atoms with Gasteiger partial charge in [0.2, 0.25) is 0 Å². The van der Waals surface area contributed by atoms with E-state index in [1.807, 2.05) is 18.2 Å². The molecule has 3 aliphatic heterocycles.